The number of nitrogens with one attached hydrogen (secondary N) is 1. The van der Waals surface area contributed by atoms with E-state index in [0.717, 1.165) is 16.7 Å². The molecule has 0 saturated heterocycles. The highest BCUT2D eigenvalue weighted by Crippen LogP contribution is 2.29. The van der Waals surface area contributed by atoms with Gasteiger partial charge in [0.05, 0.1) is 20.6 Å². The van der Waals surface area contributed by atoms with Crippen LogP contribution in [0.15, 0.2) is 78.9 Å². The largest absolute Gasteiger partial charge is 0.493 e. The van der Waals surface area contributed by atoms with E-state index in [0.29, 0.717) is 44.2 Å². The van der Waals surface area contributed by atoms with E-state index >= 15 is 0 Å². The Morgan fingerprint density at radius 1 is 0.865 bits per heavy atom. The van der Waals surface area contributed by atoms with Crippen molar-refractivity contribution in [2.75, 3.05) is 34.0 Å². The summed E-state index contributed by atoms with van der Waals surface area (Å²) in [5.74, 6) is 0.746. The lowest BCUT2D eigenvalue weighted by molar-refractivity contribution is -0.141. The molecule has 0 unspecified atom stereocenters. The van der Waals surface area contributed by atoms with Crippen molar-refractivity contribution >= 4 is 11.8 Å². The molecule has 0 aromatic heterocycles. The molecular weight excluding hydrogens is 468 g/mol. The minimum absolute atomic E-state index is 0.105. The molecule has 196 valence electrons. The minimum atomic E-state index is -0.791. The molecule has 3 rings (SSSR count). The van der Waals surface area contributed by atoms with Crippen LogP contribution >= 0.6 is 0 Å². The summed E-state index contributed by atoms with van der Waals surface area (Å²) in [5, 5.41) is 3.01. The van der Waals surface area contributed by atoms with Gasteiger partial charge in [-0.15, -0.1) is 0 Å². The molecule has 0 heterocycles. The molecule has 0 aliphatic heterocycles. The highest BCUT2D eigenvalue weighted by Gasteiger charge is 2.31. The zero-order valence-corrected chi connectivity index (χ0v) is 21.8. The molecule has 1 atom stereocenters. The van der Waals surface area contributed by atoms with Gasteiger partial charge in [-0.05, 0) is 42.2 Å². The highest BCUT2D eigenvalue weighted by molar-refractivity contribution is 5.89. The number of carbonyl (C=O) groups is 2. The van der Waals surface area contributed by atoms with Gasteiger partial charge >= 0.3 is 0 Å². The van der Waals surface area contributed by atoms with Crippen LogP contribution in [0.1, 0.15) is 36.1 Å². The molecule has 0 radical (unpaired) electrons. The van der Waals surface area contributed by atoms with Crippen LogP contribution in [0.25, 0.3) is 0 Å². The zero-order valence-electron chi connectivity index (χ0n) is 21.8. The number of nitrogens with zero attached hydrogens (tertiary/aromatic N) is 1. The van der Waals surface area contributed by atoms with Gasteiger partial charge in [-0.3, -0.25) is 9.59 Å². The number of hydrogen-bond donors (Lipinski definition) is 1. The Balaban J connectivity index is 1.92. The molecule has 37 heavy (non-hydrogen) atoms. The molecule has 0 saturated carbocycles. The summed E-state index contributed by atoms with van der Waals surface area (Å²) in [5.41, 5.74) is 2.46. The lowest BCUT2D eigenvalue weighted by atomic mass is 10.0. The van der Waals surface area contributed by atoms with Gasteiger partial charge in [-0.1, -0.05) is 66.7 Å². The van der Waals surface area contributed by atoms with Gasteiger partial charge in [0.15, 0.2) is 11.5 Å². The maximum absolute atomic E-state index is 13.9. The van der Waals surface area contributed by atoms with E-state index in [2.05, 4.69) is 5.32 Å². The molecule has 0 aliphatic carbocycles. The fourth-order valence-corrected chi connectivity index (χ4v) is 4.11. The quantitative estimate of drug-likeness (QED) is 0.326. The number of methoxy groups -OCH3 is 2. The molecule has 3 aromatic rings. The third kappa shape index (κ3) is 8.08. The monoisotopic (exact) mass is 504 g/mol. The SMILES string of the molecule is CCOCCCNC(=O)[C@H](c1ccccc1)N(Cc1ccccc1)C(=O)Cc1ccc(OC)c(OC)c1. The van der Waals surface area contributed by atoms with Crippen molar-refractivity contribution in [3.8, 4) is 11.5 Å². The third-order valence-corrected chi connectivity index (χ3v) is 5.96. The Labute approximate surface area is 219 Å². The zero-order chi connectivity index (χ0) is 26.5. The van der Waals surface area contributed by atoms with E-state index in [1.54, 1.807) is 31.3 Å². The first-order valence-corrected chi connectivity index (χ1v) is 12.5. The molecule has 0 spiro atoms. The lowest BCUT2D eigenvalue weighted by Gasteiger charge is -2.32. The molecule has 3 aromatic carbocycles. The normalized spacial score (nSPS) is 11.4. The molecule has 7 heteroatoms. The van der Waals surface area contributed by atoms with Crippen molar-refractivity contribution in [3.05, 3.63) is 95.6 Å². The van der Waals surface area contributed by atoms with Crippen LogP contribution in [0.3, 0.4) is 0 Å². The predicted octanol–water partition coefficient (Wildman–Crippen LogP) is 4.56. The number of amides is 2. The van der Waals surface area contributed by atoms with E-state index in [-0.39, 0.29) is 18.2 Å². The highest BCUT2D eigenvalue weighted by atomic mass is 16.5. The van der Waals surface area contributed by atoms with E-state index < -0.39 is 6.04 Å². The van der Waals surface area contributed by atoms with Crippen molar-refractivity contribution in [1.82, 2.24) is 10.2 Å². The molecule has 2 amide bonds. The van der Waals surface area contributed by atoms with Gasteiger partial charge in [-0.25, -0.2) is 0 Å². The van der Waals surface area contributed by atoms with Crippen LogP contribution in [0.2, 0.25) is 0 Å². The summed E-state index contributed by atoms with van der Waals surface area (Å²) in [4.78, 5) is 29.1. The van der Waals surface area contributed by atoms with E-state index in [1.165, 1.54) is 0 Å². The van der Waals surface area contributed by atoms with Crippen molar-refractivity contribution in [3.63, 3.8) is 0 Å². The standard InChI is InChI=1S/C30H36N2O5/c1-4-37-19-11-18-31-30(34)29(25-14-9-6-10-15-25)32(22-23-12-7-5-8-13-23)28(33)21-24-16-17-26(35-2)27(20-24)36-3/h5-10,12-17,20,29H,4,11,18-19,21-22H2,1-3H3,(H,31,34)/t29-/m0/s1. The molecule has 0 bridgehead atoms. The molecule has 0 fully saturated rings. The van der Waals surface area contributed by atoms with E-state index in [4.69, 9.17) is 14.2 Å². The first kappa shape index (κ1) is 27.7. The Morgan fingerprint density at radius 2 is 1.54 bits per heavy atom. The Hall–Kier alpha value is -3.84. The van der Waals surface area contributed by atoms with Crippen LogP contribution in [-0.4, -0.2) is 50.7 Å². The van der Waals surface area contributed by atoms with Gasteiger partial charge < -0.3 is 24.4 Å². The predicted molar refractivity (Wildman–Crippen MR) is 144 cm³/mol. The molecule has 7 nitrogen and oxygen atoms in total. The van der Waals surface area contributed by atoms with Crippen LogP contribution in [0, 0.1) is 0 Å². The van der Waals surface area contributed by atoms with Crippen LogP contribution in [0.5, 0.6) is 11.5 Å². The topological polar surface area (TPSA) is 77.1 Å². The van der Waals surface area contributed by atoms with E-state index in [1.807, 2.05) is 73.7 Å². The average Bonchev–Trinajstić information content (AvgIpc) is 2.93. The van der Waals surface area contributed by atoms with Gasteiger partial charge in [0.1, 0.15) is 6.04 Å². The molecule has 1 N–H and O–H groups in total. The maximum Gasteiger partial charge on any atom is 0.247 e. The fraction of sp³-hybridized carbons (Fsp3) is 0.333. The maximum atomic E-state index is 13.9. The summed E-state index contributed by atoms with van der Waals surface area (Å²) in [6, 6.07) is 23.7. The smallest absolute Gasteiger partial charge is 0.247 e. The number of hydrogen-bond acceptors (Lipinski definition) is 5. The van der Waals surface area contributed by atoms with Crippen molar-refractivity contribution in [1.29, 1.82) is 0 Å². The number of carbonyl (C=O) groups excluding carboxylic acids is 2. The first-order valence-electron chi connectivity index (χ1n) is 12.5. The van der Waals surface area contributed by atoms with Crippen molar-refractivity contribution in [2.45, 2.75) is 32.4 Å². The Morgan fingerprint density at radius 3 is 2.19 bits per heavy atom. The number of ether oxygens (including phenoxy) is 3. The molecule has 0 aliphatic rings. The van der Waals surface area contributed by atoms with Crippen molar-refractivity contribution in [2.24, 2.45) is 0 Å². The first-order chi connectivity index (χ1) is 18.1. The summed E-state index contributed by atoms with van der Waals surface area (Å²) in [6.45, 7) is 3.90. The summed E-state index contributed by atoms with van der Waals surface area (Å²) < 4.78 is 16.1. The van der Waals surface area contributed by atoms with Gasteiger partial charge in [0.2, 0.25) is 11.8 Å². The second kappa shape index (κ2) is 14.7. The fourth-order valence-electron chi connectivity index (χ4n) is 4.11. The van der Waals surface area contributed by atoms with Crippen LogP contribution < -0.4 is 14.8 Å². The van der Waals surface area contributed by atoms with Crippen LogP contribution in [-0.2, 0) is 27.3 Å². The van der Waals surface area contributed by atoms with Gasteiger partial charge in [0, 0.05) is 26.3 Å². The number of benzene rings is 3. The third-order valence-electron chi connectivity index (χ3n) is 5.96. The Kier molecular flexibility index (Phi) is 11.0. The summed E-state index contributed by atoms with van der Waals surface area (Å²) in [6.07, 6.45) is 0.799. The average molecular weight is 505 g/mol. The van der Waals surface area contributed by atoms with E-state index in [9.17, 15) is 9.59 Å². The van der Waals surface area contributed by atoms with Gasteiger partial charge in [-0.2, -0.15) is 0 Å². The molecular formula is C30H36N2O5. The Bertz CT molecular complexity index is 1120. The summed E-state index contributed by atoms with van der Waals surface area (Å²) in [7, 11) is 3.13. The van der Waals surface area contributed by atoms with Crippen LogP contribution in [0.4, 0.5) is 0 Å². The second-order valence-corrected chi connectivity index (χ2v) is 8.53. The lowest BCUT2D eigenvalue weighted by Crippen LogP contribution is -2.44. The second-order valence-electron chi connectivity index (χ2n) is 8.53. The minimum Gasteiger partial charge on any atom is -0.493 e. The van der Waals surface area contributed by atoms with Crippen molar-refractivity contribution < 1.29 is 23.8 Å². The summed E-state index contributed by atoms with van der Waals surface area (Å²) >= 11 is 0. The number of rotatable bonds is 14. The van der Waals surface area contributed by atoms with Gasteiger partial charge in [0.25, 0.3) is 0 Å².